The zero-order valence-electron chi connectivity index (χ0n) is 8.97. The molecule has 0 heterocycles. The molecule has 0 saturated carbocycles. The standard InChI is InChI=1S/C11H24N/c1-5-7-8-9-11-12(3,4)10-6-2/h6H,2,5,7-11H2,1,3-4H3/q+1. The highest BCUT2D eigenvalue weighted by Gasteiger charge is 2.10. The summed E-state index contributed by atoms with van der Waals surface area (Å²) in [6.45, 7) is 8.40. The summed E-state index contributed by atoms with van der Waals surface area (Å²) in [6, 6.07) is 0. The van der Waals surface area contributed by atoms with Crippen molar-refractivity contribution < 1.29 is 4.48 Å². The molecular formula is C11H24N+. The summed E-state index contributed by atoms with van der Waals surface area (Å²) in [5.41, 5.74) is 0. The van der Waals surface area contributed by atoms with Gasteiger partial charge in [-0.15, -0.1) is 0 Å². The fraction of sp³-hybridized carbons (Fsp3) is 0.818. The molecule has 1 nitrogen and oxygen atoms in total. The molecule has 0 aliphatic heterocycles. The summed E-state index contributed by atoms with van der Waals surface area (Å²) in [6.07, 6.45) is 7.47. The Morgan fingerprint density at radius 3 is 2.33 bits per heavy atom. The van der Waals surface area contributed by atoms with Gasteiger partial charge in [-0.2, -0.15) is 0 Å². The predicted molar refractivity (Wildman–Crippen MR) is 56.2 cm³/mol. The van der Waals surface area contributed by atoms with Crippen molar-refractivity contribution in [1.82, 2.24) is 0 Å². The first-order chi connectivity index (χ1) is 5.62. The number of hydrogen-bond acceptors (Lipinski definition) is 0. The van der Waals surface area contributed by atoms with Gasteiger partial charge in [0.2, 0.25) is 0 Å². The maximum Gasteiger partial charge on any atom is 0.0966 e. The molecule has 72 valence electrons. The van der Waals surface area contributed by atoms with E-state index in [4.69, 9.17) is 0 Å². The number of rotatable bonds is 7. The molecule has 0 radical (unpaired) electrons. The van der Waals surface area contributed by atoms with E-state index >= 15 is 0 Å². The zero-order chi connectivity index (χ0) is 9.45. The zero-order valence-corrected chi connectivity index (χ0v) is 8.97. The van der Waals surface area contributed by atoms with Crippen molar-refractivity contribution in [2.24, 2.45) is 0 Å². The lowest BCUT2D eigenvalue weighted by molar-refractivity contribution is -0.884. The van der Waals surface area contributed by atoms with Crippen molar-refractivity contribution in [3.05, 3.63) is 12.7 Å². The van der Waals surface area contributed by atoms with E-state index in [1.54, 1.807) is 0 Å². The smallest absolute Gasteiger partial charge is 0.0966 e. The maximum atomic E-state index is 3.77. The van der Waals surface area contributed by atoms with E-state index in [1.165, 1.54) is 32.2 Å². The van der Waals surface area contributed by atoms with Crippen LogP contribution in [0.5, 0.6) is 0 Å². The number of quaternary nitrogens is 1. The second kappa shape index (κ2) is 6.24. The first-order valence-electron chi connectivity index (χ1n) is 5.05. The Balaban J connectivity index is 3.39. The molecule has 1 heteroatoms. The van der Waals surface area contributed by atoms with Crippen molar-refractivity contribution in [2.75, 3.05) is 27.2 Å². The van der Waals surface area contributed by atoms with E-state index in [0.717, 1.165) is 11.0 Å². The first kappa shape index (κ1) is 11.7. The topological polar surface area (TPSA) is 0 Å². The van der Waals surface area contributed by atoms with E-state index in [1.807, 2.05) is 6.08 Å². The summed E-state index contributed by atoms with van der Waals surface area (Å²) in [5, 5.41) is 0. The Labute approximate surface area is 77.7 Å². The van der Waals surface area contributed by atoms with Gasteiger partial charge in [0.1, 0.15) is 0 Å². The van der Waals surface area contributed by atoms with Crippen molar-refractivity contribution in [1.29, 1.82) is 0 Å². The lowest BCUT2D eigenvalue weighted by Gasteiger charge is -2.28. The Kier molecular flexibility index (Phi) is 6.09. The molecule has 0 unspecified atom stereocenters. The molecule has 12 heavy (non-hydrogen) atoms. The van der Waals surface area contributed by atoms with Crippen LogP contribution in [0.25, 0.3) is 0 Å². The van der Waals surface area contributed by atoms with Crippen LogP contribution in [0.2, 0.25) is 0 Å². The van der Waals surface area contributed by atoms with Gasteiger partial charge in [-0.05, 0) is 18.9 Å². The summed E-state index contributed by atoms with van der Waals surface area (Å²) >= 11 is 0. The minimum Gasteiger partial charge on any atom is -0.325 e. The van der Waals surface area contributed by atoms with Gasteiger partial charge in [0.05, 0.1) is 27.2 Å². The van der Waals surface area contributed by atoms with Gasteiger partial charge >= 0.3 is 0 Å². The Bertz CT molecular complexity index is 116. The van der Waals surface area contributed by atoms with Crippen molar-refractivity contribution in [2.45, 2.75) is 32.6 Å². The summed E-state index contributed by atoms with van der Waals surface area (Å²) < 4.78 is 1.09. The molecule has 0 aliphatic rings. The third-order valence-corrected chi connectivity index (χ3v) is 2.24. The van der Waals surface area contributed by atoms with Gasteiger partial charge in [-0.3, -0.25) is 0 Å². The highest BCUT2D eigenvalue weighted by molar-refractivity contribution is 4.64. The average molecular weight is 170 g/mol. The minimum atomic E-state index is 1.09. The molecule has 0 aromatic heterocycles. The van der Waals surface area contributed by atoms with Crippen LogP contribution in [0.4, 0.5) is 0 Å². The molecule has 0 aliphatic carbocycles. The largest absolute Gasteiger partial charge is 0.325 e. The van der Waals surface area contributed by atoms with Crippen LogP contribution in [0, 0.1) is 0 Å². The highest BCUT2D eigenvalue weighted by Crippen LogP contribution is 2.04. The molecule has 0 atom stereocenters. The van der Waals surface area contributed by atoms with Gasteiger partial charge in [0.25, 0.3) is 0 Å². The van der Waals surface area contributed by atoms with E-state index < -0.39 is 0 Å². The Hall–Kier alpha value is -0.300. The van der Waals surface area contributed by atoms with Crippen LogP contribution < -0.4 is 0 Å². The molecule has 0 bridgehead atoms. The van der Waals surface area contributed by atoms with E-state index in [9.17, 15) is 0 Å². The molecule has 0 spiro atoms. The molecule has 0 amide bonds. The average Bonchev–Trinajstić information content (AvgIpc) is 1.98. The second-order valence-corrected chi connectivity index (χ2v) is 4.19. The Morgan fingerprint density at radius 1 is 1.17 bits per heavy atom. The highest BCUT2D eigenvalue weighted by atomic mass is 15.3. The van der Waals surface area contributed by atoms with Crippen LogP contribution >= 0.6 is 0 Å². The number of likely N-dealkylation sites (N-methyl/N-ethyl adjacent to an activating group) is 1. The Morgan fingerprint density at radius 2 is 1.83 bits per heavy atom. The molecular weight excluding hydrogens is 146 g/mol. The van der Waals surface area contributed by atoms with Crippen LogP contribution in [-0.2, 0) is 0 Å². The van der Waals surface area contributed by atoms with Gasteiger partial charge < -0.3 is 4.48 Å². The quantitative estimate of drug-likeness (QED) is 0.313. The number of nitrogens with zero attached hydrogens (tertiary/aromatic N) is 1. The van der Waals surface area contributed by atoms with Crippen LogP contribution in [0.3, 0.4) is 0 Å². The van der Waals surface area contributed by atoms with Gasteiger partial charge in [0.15, 0.2) is 0 Å². The lowest BCUT2D eigenvalue weighted by Crippen LogP contribution is -2.40. The predicted octanol–water partition coefficient (Wildman–Crippen LogP) is 2.83. The van der Waals surface area contributed by atoms with Crippen molar-refractivity contribution in [3.8, 4) is 0 Å². The SMILES string of the molecule is C=CC[N+](C)(C)CCCCCC. The molecule has 0 fully saturated rings. The van der Waals surface area contributed by atoms with Gasteiger partial charge in [-0.25, -0.2) is 0 Å². The first-order valence-corrected chi connectivity index (χ1v) is 5.05. The van der Waals surface area contributed by atoms with E-state index in [2.05, 4.69) is 27.6 Å². The van der Waals surface area contributed by atoms with Gasteiger partial charge in [0, 0.05) is 0 Å². The maximum absolute atomic E-state index is 3.77. The third-order valence-electron chi connectivity index (χ3n) is 2.24. The molecule has 0 rings (SSSR count). The van der Waals surface area contributed by atoms with E-state index in [0.29, 0.717) is 0 Å². The minimum absolute atomic E-state index is 1.09. The van der Waals surface area contributed by atoms with E-state index in [-0.39, 0.29) is 0 Å². The summed E-state index contributed by atoms with van der Waals surface area (Å²) in [5.74, 6) is 0. The second-order valence-electron chi connectivity index (χ2n) is 4.19. The van der Waals surface area contributed by atoms with Crippen LogP contribution in [0.1, 0.15) is 32.6 Å². The number of unbranched alkanes of at least 4 members (excludes halogenated alkanes) is 3. The molecule has 0 aromatic carbocycles. The van der Waals surface area contributed by atoms with Crippen molar-refractivity contribution in [3.63, 3.8) is 0 Å². The molecule has 0 aromatic rings. The third kappa shape index (κ3) is 6.41. The summed E-state index contributed by atoms with van der Waals surface area (Å²) in [7, 11) is 4.54. The molecule has 0 saturated heterocycles. The fourth-order valence-electron chi connectivity index (χ4n) is 1.41. The fourth-order valence-corrected chi connectivity index (χ4v) is 1.41. The normalized spacial score (nSPS) is 11.6. The van der Waals surface area contributed by atoms with Crippen LogP contribution in [0.15, 0.2) is 12.7 Å². The lowest BCUT2D eigenvalue weighted by atomic mass is 10.2. The van der Waals surface area contributed by atoms with Gasteiger partial charge in [-0.1, -0.05) is 26.3 Å². The summed E-state index contributed by atoms with van der Waals surface area (Å²) in [4.78, 5) is 0. The van der Waals surface area contributed by atoms with Crippen molar-refractivity contribution >= 4 is 0 Å². The van der Waals surface area contributed by atoms with Crippen LogP contribution in [-0.4, -0.2) is 31.7 Å². The number of hydrogen-bond donors (Lipinski definition) is 0. The molecule has 0 N–H and O–H groups in total. The monoisotopic (exact) mass is 170 g/mol.